The van der Waals surface area contributed by atoms with E-state index in [0.29, 0.717) is 45.6 Å². The zero-order valence-electron chi connectivity index (χ0n) is 26.4. The topological polar surface area (TPSA) is 156 Å². The molecule has 12 nitrogen and oxygen atoms in total. The lowest BCUT2D eigenvalue weighted by Crippen LogP contribution is -2.58. The van der Waals surface area contributed by atoms with E-state index in [2.05, 4.69) is 16.0 Å². The Morgan fingerprint density at radius 3 is 2.23 bits per heavy atom. The predicted octanol–water partition coefficient (Wildman–Crippen LogP) is 3.57. The summed E-state index contributed by atoms with van der Waals surface area (Å²) in [5.41, 5.74) is 0.857. The highest BCUT2D eigenvalue weighted by molar-refractivity contribution is 7.54. The average molecular weight is 639 g/mol. The van der Waals surface area contributed by atoms with Crippen molar-refractivity contribution in [3.63, 3.8) is 0 Å². The van der Waals surface area contributed by atoms with Crippen LogP contribution in [0.2, 0.25) is 0 Å². The molecule has 1 aromatic rings. The van der Waals surface area contributed by atoms with Gasteiger partial charge in [0.2, 0.25) is 11.8 Å². The van der Waals surface area contributed by atoms with Crippen molar-refractivity contribution in [1.82, 2.24) is 20.9 Å². The van der Waals surface area contributed by atoms with Gasteiger partial charge in [-0.25, -0.2) is 4.79 Å². The normalized spacial score (nSPS) is 19.0. The molecule has 44 heavy (non-hydrogen) atoms. The van der Waals surface area contributed by atoms with Gasteiger partial charge >= 0.3 is 13.6 Å². The number of morpholine rings is 1. The van der Waals surface area contributed by atoms with Crippen molar-refractivity contribution in [2.75, 3.05) is 40.5 Å². The predicted molar refractivity (Wildman–Crippen MR) is 167 cm³/mol. The molecule has 0 spiro atoms. The zero-order valence-corrected chi connectivity index (χ0v) is 27.3. The molecule has 248 valence electrons. The molecule has 3 rings (SSSR count). The minimum atomic E-state index is -3.92. The van der Waals surface area contributed by atoms with Gasteiger partial charge in [-0.3, -0.25) is 14.2 Å². The third-order valence-corrected chi connectivity index (χ3v) is 10.5. The Morgan fingerprint density at radius 2 is 1.61 bits per heavy atom. The highest BCUT2D eigenvalue weighted by Gasteiger charge is 2.41. The first kappa shape index (κ1) is 36.0. The number of aliphatic hydroxyl groups is 1. The Labute approximate surface area is 261 Å². The van der Waals surface area contributed by atoms with Gasteiger partial charge < -0.3 is 39.7 Å². The number of nitrogens with zero attached hydrogens (tertiary/aromatic N) is 1. The van der Waals surface area contributed by atoms with Crippen LogP contribution >= 0.6 is 7.60 Å². The fourth-order valence-electron chi connectivity index (χ4n) is 5.85. The third kappa shape index (κ3) is 10.8. The van der Waals surface area contributed by atoms with E-state index in [1.165, 1.54) is 14.2 Å². The van der Waals surface area contributed by atoms with Crippen LogP contribution in [0.5, 0.6) is 0 Å². The fourth-order valence-corrected chi connectivity index (χ4v) is 7.06. The van der Waals surface area contributed by atoms with E-state index < -0.39 is 43.4 Å². The second-order valence-electron chi connectivity index (χ2n) is 11.7. The van der Waals surface area contributed by atoms with Crippen molar-refractivity contribution in [2.45, 2.75) is 95.1 Å². The molecular weight excluding hydrogens is 587 g/mol. The highest BCUT2D eigenvalue weighted by Crippen LogP contribution is 2.52. The number of hydrogen-bond donors (Lipinski definition) is 4. The smallest absolute Gasteiger partial charge is 0.360 e. The number of carbonyl (C=O) groups excluding carboxylic acids is 3. The monoisotopic (exact) mass is 638 g/mol. The lowest BCUT2D eigenvalue weighted by Gasteiger charge is -2.33. The number of carbonyl (C=O) groups is 3. The number of amides is 4. The summed E-state index contributed by atoms with van der Waals surface area (Å²) in [6.07, 6.45) is 7.59. The van der Waals surface area contributed by atoms with Gasteiger partial charge in [-0.15, -0.1) is 0 Å². The van der Waals surface area contributed by atoms with Crippen LogP contribution in [0.4, 0.5) is 4.79 Å². The van der Waals surface area contributed by atoms with Crippen LogP contribution in [0, 0.1) is 5.92 Å². The molecule has 2 aliphatic rings. The van der Waals surface area contributed by atoms with Gasteiger partial charge in [0.1, 0.15) is 12.1 Å². The minimum Gasteiger partial charge on any atom is -0.379 e. The van der Waals surface area contributed by atoms with Crippen LogP contribution in [0.1, 0.15) is 70.3 Å². The van der Waals surface area contributed by atoms with Gasteiger partial charge in [0.15, 0.2) is 5.85 Å². The van der Waals surface area contributed by atoms with Crippen LogP contribution in [0.25, 0.3) is 0 Å². The van der Waals surface area contributed by atoms with E-state index in [4.69, 9.17) is 13.8 Å². The molecule has 0 unspecified atom stereocenters. The molecule has 0 radical (unpaired) electrons. The van der Waals surface area contributed by atoms with E-state index in [1.807, 2.05) is 37.3 Å². The second kappa shape index (κ2) is 18.5. The van der Waals surface area contributed by atoms with Crippen LogP contribution in [-0.2, 0) is 34.4 Å². The lowest BCUT2D eigenvalue weighted by atomic mass is 9.85. The molecule has 1 aromatic carbocycles. The summed E-state index contributed by atoms with van der Waals surface area (Å²) in [7, 11) is -1.52. The Hall–Kier alpha value is -2.50. The van der Waals surface area contributed by atoms with Crippen molar-refractivity contribution < 1.29 is 37.8 Å². The first-order chi connectivity index (χ1) is 21.2. The minimum absolute atomic E-state index is 0.235. The van der Waals surface area contributed by atoms with E-state index in [0.717, 1.165) is 44.1 Å². The summed E-state index contributed by atoms with van der Waals surface area (Å²) >= 11 is 0. The molecule has 1 saturated heterocycles. The van der Waals surface area contributed by atoms with Gasteiger partial charge in [-0.1, -0.05) is 82.2 Å². The fraction of sp³-hybridized carbons (Fsp3) is 0.710. The highest BCUT2D eigenvalue weighted by atomic mass is 31.2. The van der Waals surface area contributed by atoms with Gasteiger partial charge in [-0.2, -0.15) is 0 Å². The Morgan fingerprint density at radius 1 is 0.977 bits per heavy atom. The molecular formula is C31H51N4O8P. The Bertz CT molecular complexity index is 1070. The van der Waals surface area contributed by atoms with E-state index in [-0.39, 0.29) is 18.4 Å². The summed E-state index contributed by atoms with van der Waals surface area (Å²) in [4.78, 5) is 42.2. The third-order valence-electron chi connectivity index (χ3n) is 8.51. The maximum Gasteiger partial charge on any atom is 0.360 e. The summed E-state index contributed by atoms with van der Waals surface area (Å²) in [6.45, 7) is 3.68. The maximum absolute atomic E-state index is 13.8. The molecule has 2 fully saturated rings. The summed E-state index contributed by atoms with van der Waals surface area (Å²) in [5, 5.41) is 19.8. The molecule has 1 heterocycles. The second-order valence-corrected chi connectivity index (χ2v) is 14.0. The van der Waals surface area contributed by atoms with Gasteiger partial charge in [-0.05, 0) is 24.3 Å². The van der Waals surface area contributed by atoms with Crippen molar-refractivity contribution in [3.05, 3.63) is 35.9 Å². The van der Waals surface area contributed by atoms with Gasteiger partial charge in [0.05, 0.1) is 19.3 Å². The molecule has 13 heteroatoms. The number of urea groups is 1. The van der Waals surface area contributed by atoms with Gasteiger partial charge in [0, 0.05) is 33.7 Å². The summed E-state index contributed by atoms with van der Waals surface area (Å²) in [5.74, 6) is -2.33. The van der Waals surface area contributed by atoms with Crippen LogP contribution in [-0.4, -0.2) is 92.3 Å². The van der Waals surface area contributed by atoms with E-state index in [1.54, 1.807) is 4.90 Å². The largest absolute Gasteiger partial charge is 0.379 e. The number of hydrogen-bond acceptors (Lipinski definition) is 8. The van der Waals surface area contributed by atoms with Crippen LogP contribution < -0.4 is 16.0 Å². The molecule has 4 atom stereocenters. The summed E-state index contributed by atoms with van der Waals surface area (Å²) < 4.78 is 28.7. The maximum atomic E-state index is 13.8. The number of benzene rings is 1. The molecule has 1 saturated carbocycles. The first-order valence-corrected chi connectivity index (χ1v) is 17.5. The first-order valence-electron chi connectivity index (χ1n) is 15.9. The molecule has 1 aliphatic heterocycles. The summed E-state index contributed by atoms with van der Waals surface area (Å²) in [6, 6.07) is 6.21. The van der Waals surface area contributed by atoms with Crippen molar-refractivity contribution in [1.29, 1.82) is 0 Å². The zero-order chi connectivity index (χ0) is 32.0. The van der Waals surface area contributed by atoms with Crippen LogP contribution in [0.15, 0.2) is 30.3 Å². The number of unbranched alkanes of at least 4 members (excludes halogenated alkanes) is 1. The molecule has 0 bridgehead atoms. The number of aliphatic hydroxyl groups excluding tert-OH is 1. The average Bonchev–Trinajstić information content (AvgIpc) is 3.06. The number of nitrogens with one attached hydrogen (secondary N) is 3. The molecule has 4 amide bonds. The van der Waals surface area contributed by atoms with E-state index in [9.17, 15) is 24.1 Å². The van der Waals surface area contributed by atoms with Crippen LogP contribution in [0.3, 0.4) is 0 Å². The Kier molecular flexibility index (Phi) is 15.1. The SMILES string of the molecule is CCCC[C@H](NC(=O)[C@H](Cc1ccccc1)NC(=O)N1CCOCC1)C(=O)N[C@@H](CC1CCCCC1)[C@@H](O)P(=O)(OC)OC. The molecule has 1 aliphatic carbocycles. The van der Waals surface area contributed by atoms with Crippen molar-refractivity contribution in [3.8, 4) is 0 Å². The van der Waals surface area contributed by atoms with Crippen molar-refractivity contribution in [2.24, 2.45) is 5.92 Å². The quantitative estimate of drug-likeness (QED) is 0.200. The standard InChI is InChI=1S/C31H51N4O8P/c1-4-5-16-25(28(36)33-27(22-24-14-10-7-11-15-24)30(38)44(40,41-2)42-3)32-29(37)26(21-23-12-8-6-9-13-23)34-31(39)35-17-19-43-20-18-35/h6,8-9,12-13,24-27,30,38H,4-5,7,10-11,14-22H2,1-3H3,(H,32,37)(H,33,36)(H,34,39)/t25-,26-,27-,30-/m0/s1. The Balaban J connectivity index is 1.79. The van der Waals surface area contributed by atoms with E-state index >= 15 is 0 Å². The molecule has 4 N–H and O–H groups in total. The molecule has 0 aromatic heterocycles. The van der Waals surface area contributed by atoms with Gasteiger partial charge in [0.25, 0.3) is 0 Å². The van der Waals surface area contributed by atoms with Crippen molar-refractivity contribution >= 4 is 25.4 Å². The number of rotatable bonds is 16. The lowest BCUT2D eigenvalue weighted by molar-refractivity contribution is -0.131. The number of ether oxygens (including phenoxy) is 1.